The van der Waals surface area contributed by atoms with Gasteiger partial charge in [0.1, 0.15) is 6.04 Å². The highest BCUT2D eigenvalue weighted by Crippen LogP contribution is 2.22. The molecule has 0 aliphatic carbocycles. The van der Waals surface area contributed by atoms with Crippen molar-refractivity contribution >= 4 is 21.9 Å². The summed E-state index contributed by atoms with van der Waals surface area (Å²) in [6.45, 7) is 3.95. The lowest BCUT2D eigenvalue weighted by molar-refractivity contribution is -0.142. The van der Waals surface area contributed by atoms with Gasteiger partial charge in [-0.05, 0) is 35.6 Å². The minimum Gasteiger partial charge on any atom is -0.480 e. The van der Waals surface area contributed by atoms with Gasteiger partial charge >= 0.3 is 5.97 Å². The van der Waals surface area contributed by atoms with E-state index in [2.05, 4.69) is 10.0 Å². The fourth-order valence-electron chi connectivity index (χ4n) is 2.50. The molecular weight excluding hydrogens is 348 g/mol. The van der Waals surface area contributed by atoms with E-state index >= 15 is 0 Å². The predicted molar refractivity (Wildman–Crippen MR) is 89.1 cm³/mol. The summed E-state index contributed by atoms with van der Waals surface area (Å²) < 4.78 is 32.0. The molecule has 0 bridgehead atoms. The van der Waals surface area contributed by atoms with Crippen LogP contribution in [0.3, 0.4) is 0 Å². The van der Waals surface area contributed by atoms with E-state index in [1.54, 1.807) is 6.07 Å². The summed E-state index contributed by atoms with van der Waals surface area (Å²) in [4.78, 5) is 23.1. The monoisotopic (exact) mass is 370 g/mol. The molecule has 25 heavy (non-hydrogen) atoms. The van der Waals surface area contributed by atoms with Crippen LogP contribution in [0.1, 0.15) is 31.4 Å². The third-order valence-corrected chi connectivity index (χ3v) is 5.17. The number of carboxylic acids is 1. The van der Waals surface area contributed by atoms with Crippen molar-refractivity contribution in [3.63, 3.8) is 0 Å². The number of rotatable bonds is 8. The molecule has 2 rings (SSSR count). The van der Waals surface area contributed by atoms with Gasteiger partial charge in [-0.15, -0.1) is 0 Å². The Balaban J connectivity index is 1.97. The lowest BCUT2D eigenvalue weighted by atomic mass is 10.0. The molecule has 9 heteroatoms. The average molecular weight is 370 g/mol. The quantitative estimate of drug-likeness (QED) is 0.616. The molecule has 1 atom stereocenters. The topological polar surface area (TPSA) is 122 Å². The van der Waals surface area contributed by atoms with E-state index in [1.165, 1.54) is 12.1 Å². The summed E-state index contributed by atoms with van der Waals surface area (Å²) in [6, 6.07) is 3.60. The zero-order valence-corrected chi connectivity index (χ0v) is 14.9. The highest BCUT2D eigenvalue weighted by Gasteiger charge is 2.23. The van der Waals surface area contributed by atoms with Crippen LogP contribution in [0.2, 0.25) is 0 Å². The van der Waals surface area contributed by atoms with Crippen LogP contribution in [0.4, 0.5) is 0 Å². The van der Waals surface area contributed by atoms with Gasteiger partial charge in [-0.1, -0.05) is 19.9 Å². The van der Waals surface area contributed by atoms with Gasteiger partial charge in [0.2, 0.25) is 15.9 Å². The Morgan fingerprint density at radius 1 is 1.24 bits per heavy atom. The van der Waals surface area contributed by atoms with Crippen LogP contribution in [0.25, 0.3) is 0 Å². The number of carbonyl (C=O) groups is 2. The zero-order chi connectivity index (χ0) is 18.6. The third kappa shape index (κ3) is 5.25. The van der Waals surface area contributed by atoms with Crippen LogP contribution in [0.15, 0.2) is 23.1 Å². The van der Waals surface area contributed by atoms with E-state index < -0.39 is 34.5 Å². The number of sulfonamides is 1. The molecule has 138 valence electrons. The van der Waals surface area contributed by atoms with Crippen LogP contribution < -0.4 is 10.0 Å². The third-order valence-electron chi connectivity index (χ3n) is 3.77. The fraction of sp³-hybridized carbons (Fsp3) is 0.500. The van der Waals surface area contributed by atoms with Crippen molar-refractivity contribution < 1.29 is 27.9 Å². The lowest BCUT2D eigenvalue weighted by Crippen LogP contribution is -2.46. The maximum Gasteiger partial charge on any atom is 0.326 e. The second-order valence-electron chi connectivity index (χ2n) is 6.34. The van der Waals surface area contributed by atoms with Gasteiger partial charge in [0.25, 0.3) is 0 Å². The van der Waals surface area contributed by atoms with Crippen LogP contribution in [0, 0.1) is 5.92 Å². The Hall–Kier alpha value is -1.97. The molecule has 1 aromatic rings. The minimum absolute atomic E-state index is 0.0431. The maximum atomic E-state index is 12.3. The second kappa shape index (κ2) is 7.94. The van der Waals surface area contributed by atoms with Crippen molar-refractivity contribution in [2.75, 3.05) is 6.54 Å². The minimum atomic E-state index is -3.87. The molecule has 1 aliphatic rings. The van der Waals surface area contributed by atoms with Crippen molar-refractivity contribution in [1.29, 1.82) is 0 Å². The van der Waals surface area contributed by atoms with Crippen molar-refractivity contribution in [1.82, 2.24) is 10.0 Å². The van der Waals surface area contributed by atoms with E-state index in [0.717, 1.165) is 11.1 Å². The Kier molecular flexibility index (Phi) is 6.15. The summed E-state index contributed by atoms with van der Waals surface area (Å²) in [5.74, 6) is -1.77. The number of ether oxygens (including phenoxy) is 1. The normalized spacial score (nSPS) is 15.0. The van der Waals surface area contributed by atoms with Crippen LogP contribution in [0.5, 0.6) is 0 Å². The number of fused-ring (bicyclic) bond motifs is 1. The average Bonchev–Trinajstić information content (AvgIpc) is 2.99. The van der Waals surface area contributed by atoms with E-state index in [1.807, 2.05) is 13.8 Å². The van der Waals surface area contributed by atoms with Crippen molar-refractivity contribution in [2.24, 2.45) is 5.92 Å². The first-order valence-corrected chi connectivity index (χ1v) is 9.38. The summed E-state index contributed by atoms with van der Waals surface area (Å²) in [5.41, 5.74) is 1.74. The van der Waals surface area contributed by atoms with Gasteiger partial charge in [0, 0.05) is 0 Å². The van der Waals surface area contributed by atoms with Crippen LogP contribution >= 0.6 is 0 Å². The summed E-state index contributed by atoms with van der Waals surface area (Å²) >= 11 is 0. The molecule has 0 radical (unpaired) electrons. The first kappa shape index (κ1) is 19.4. The number of nitrogens with one attached hydrogen (secondary N) is 2. The smallest absolute Gasteiger partial charge is 0.326 e. The molecule has 1 aromatic carbocycles. The number of carbonyl (C=O) groups excluding carboxylic acids is 1. The molecule has 0 saturated heterocycles. The number of benzene rings is 1. The molecule has 0 aromatic heterocycles. The molecule has 1 heterocycles. The predicted octanol–water partition coefficient (Wildman–Crippen LogP) is 0.611. The largest absolute Gasteiger partial charge is 0.480 e. The zero-order valence-electron chi connectivity index (χ0n) is 14.1. The number of amides is 1. The molecule has 0 fully saturated rings. The molecule has 0 spiro atoms. The Labute approximate surface area is 146 Å². The SMILES string of the molecule is CC(C)CC(NC(=O)CNS(=O)(=O)c1ccc2c(c1)COC2)C(=O)O. The number of hydrogen-bond acceptors (Lipinski definition) is 5. The number of hydrogen-bond donors (Lipinski definition) is 3. The molecule has 1 aliphatic heterocycles. The lowest BCUT2D eigenvalue weighted by Gasteiger charge is -2.16. The van der Waals surface area contributed by atoms with Crippen molar-refractivity contribution in [3.05, 3.63) is 29.3 Å². The second-order valence-corrected chi connectivity index (χ2v) is 8.10. The molecule has 3 N–H and O–H groups in total. The summed E-state index contributed by atoms with van der Waals surface area (Å²) in [7, 11) is -3.87. The Morgan fingerprint density at radius 2 is 1.92 bits per heavy atom. The Bertz CT molecular complexity index is 760. The molecule has 0 saturated carbocycles. The van der Waals surface area contributed by atoms with Gasteiger partial charge in [-0.2, -0.15) is 0 Å². The van der Waals surface area contributed by atoms with E-state index in [0.29, 0.717) is 13.2 Å². The molecule has 8 nitrogen and oxygen atoms in total. The molecule has 1 unspecified atom stereocenters. The van der Waals surface area contributed by atoms with E-state index in [4.69, 9.17) is 9.84 Å². The van der Waals surface area contributed by atoms with Gasteiger partial charge in [-0.25, -0.2) is 17.9 Å². The first-order chi connectivity index (χ1) is 11.7. The molecular formula is C16H22N2O6S. The van der Waals surface area contributed by atoms with Crippen LogP contribution in [-0.2, 0) is 37.6 Å². The highest BCUT2D eigenvalue weighted by molar-refractivity contribution is 7.89. The summed E-state index contributed by atoms with van der Waals surface area (Å²) in [6.07, 6.45) is 0.263. The van der Waals surface area contributed by atoms with Crippen LogP contribution in [-0.4, -0.2) is 38.0 Å². The van der Waals surface area contributed by atoms with Crippen molar-refractivity contribution in [3.8, 4) is 0 Å². The van der Waals surface area contributed by atoms with Crippen molar-refractivity contribution in [2.45, 2.75) is 44.4 Å². The van der Waals surface area contributed by atoms with Gasteiger partial charge in [0.05, 0.1) is 24.7 Å². The number of carboxylic acid groups (broad SMARTS) is 1. The van der Waals surface area contributed by atoms with Gasteiger partial charge in [-0.3, -0.25) is 4.79 Å². The first-order valence-electron chi connectivity index (χ1n) is 7.90. The standard InChI is InChI=1S/C16H22N2O6S/c1-10(2)5-14(16(20)21)18-15(19)7-17-25(22,23)13-4-3-11-8-24-9-12(11)6-13/h3-4,6,10,14,17H,5,7-9H2,1-2H3,(H,18,19)(H,20,21). The van der Waals surface area contributed by atoms with Gasteiger partial charge in [0.15, 0.2) is 0 Å². The number of aliphatic carboxylic acids is 1. The molecule has 1 amide bonds. The Morgan fingerprint density at radius 3 is 2.56 bits per heavy atom. The summed E-state index contributed by atoms with van der Waals surface area (Å²) in [5, 5.41) is 11.4. The highest BCUT2D eigenvalue weighted by atomic mass is 32.2. The maximum absolute atomic E-state index is 12.3. The van der Waals surface area contributed by atoms with E-state index in [9.17, 15) is 18.0 Å². The van der Waals surface area contributed by atoms with Gasteiger partial charge < -0.3 is 15.2 Å². The van der Waals surface area contributed by atoms with E-state index in [-0.39, 0.29) is 17.2 Å². The fourth-order valence-corrected chi connectivity index (χ4v) is 3.53.